The summed E-state index contributed by atoms with van der Waals surface area (Å²) in [6, 6.07) is 75.8. The van der Waals surface area contributed by atoms with Gasteiger partial charge in [-0.2, -0.15) is 0 Å². The summed E-state index contributed by atoms with van der Waals surface area (Å²) in [4.78, 5) is 2.38. The first-order valence-electron chi connectivity index (χ1n) is 18.4. The van der Waals surface area contributed by atoms with Gasteiger partial charge in [0.1, 0.15) is 11.2 Å². The molecule has 0 atom stereocenters. The van der Waals surface area contributed by atoms with E-state index in [2.05, 4.69) is 211 Å². The molecule has 54 heavy (non-hydrogen) atoms. The van der Waals surface area contributed by atoms with Crippen LogP contribution in [0.25, 0.3) is 77.2 Å². The van der Waals surface area contributed by atoms with Crippen LogP contribution < -0.4 is 4.90 Å². The molecule has 0 amide bonds. The van der Waals surface area contributed by atoms with Gasteiger partial charge in [-0.25, -0.2) is 0 Å². The van der Waals surface area contributed by atoms with Crippen molar-refractivity contribution in [1.29, 1.82) is 0 Å². The monoisotopic (exact) mass is 689 g/mol. The maximum Gasteiger partial charge on any atom is 0.143 e. The molecule has 0 aliphatic heterocycles. The van der Waals surface area contributed by atoms with Crippen molar-refractivity contribution in [2.75, 3.05) is 4.90 Å². The van der Waals surface area contributed by atoms with Crippen LogP contribution in [0.1, 0.15) is 0 Å². The number of hydrogen-bond acceptors (Lipinski definition) is 2. The molecular formula is C52H35NO. The highest BCUT2D eigenvalue weighted by atomic mass is 16.3. The molecule has 0 spiro atoms. The van der Waals surface area contributed by atoms with Crippen LogP contribution >= 0.6 is 0 Å². The third-order valence-corrected chi connectivity index (χ3v) is 10.5. The Hall–Kier alpha value is -7.16. The predicted octanol–water partition coefficient (Wildman–Crippen LogP) is 14.9. The molecule has 0 bridgehead atoms. The predicted molar refractivity (Wildman–Crippen MR) is 228 cm³/mol. The summed E-state index contributed by atoms with van der Waals surface area (Å²) < 4.78 is 6.53. The third kappa shape index (κ3) is 5.62. The van der Waals surface area contributed by atoms with Crippen LogP contribution in [0.3, 0.4) is 0 Å². The van der Waals surface area contributed by atoms with Crippen molar-refractivity contribution in [3.8, 4) is 44.5 Å². The van der Waals surface area contributed by atoms with Gasteiger partial charge in [0.2, 0.25) is 0 Å². The van der Waals surface area contributed by atoms with E-state index in [0.29, 0.717) is 0 Å². The minimum absolute atomic E-state index is 0.903. The first kappa shape index (κ1) is 31.6. The largest absolute Gasteiger partial charge is 0.455 e. The Kier molecular flexibility index (Phi) is 7.85. The van der Waals surface area contributed by atoms with Gasteiger partial charge in [0, 0.05) is 33.1 Å². The van der Waals surface area contributed by atoms with E-state index in [0.717, 1.165) is 72.0 Å². The Morgan fingerprint density at radius 2 is 0.796 bits per heavy atom. The molecule has 10 aromatic rings. The normalized spacial score (nSPS) is 11.3. The van der Waals surface area contributed by atoms with Gasteiger partial charge in [-0.15, -0.1) is 0 Å². The first-order chi connectivity index (χ1) is 26.8. The van der Waals surface area contributed by atoms with Gasteiger partial charge in [-0.05, 0) is 86.8 Å². The van der Waals surface area contributed by atoms with Gasteiger partial charge in [0.05, 0.1) is 5.69 Å². The highest BCUT2D eigenvalue weighted by Crippen LogP contribution is 2.44. The summed E-state index contributed by atoms with van der Waals surface area (Å²) in [6.45, 7) is 0. The lowest BCUT2D eigenvalue weighted by atomic mass is 9.95. The Balaban J connectivity index is 1.11. The fraction of sp³-hybridized carbons (Fsp3) is 0. The molecule has 0 aliphatic carbocycles. The fourth-order valence-electron chi connectivity index (χ4n) is 7.82. The lowest BCUT2D eigenvalue weighted by molar-refractivity contribution is 0.673. The molecule has 0 N–H and O–H groups in total. The SMILES string of the molecule is c1ccc(-c2ccc(-c3ccccc3N(c3ccc(-c4ccccc4)cc3)c3ccc(-c4cc5ccccc5c5oc6ccccc6c45)cc3)cc2)cc1. The van der Waals surface area contributed by atoms with Gasteiger partial charge in [0.25, 0.3) is 0 Å². The number of hydrogen-bond donors (Lipinski definition) is 0. The van der Waals surface area contributed by atoms with Crippen molar-refractivity contribution in [3.05, 3.63) is 212 Å². The van der Waals surface area contributed by atoms with E-state index in [1.54, 1.807) is 0 Å². The molecule has 0 saturated heterocycles. The van der Waals surface area contributed by atoms with Crippen LogP contribution in [0.15, 0.2) is 217 Å². The summed E-state index contributed by atoms with van der Waals surface area (Å²) in [5.41, 5.74) is 14.5. The Labute approximate surface area is 314 Å². The van der Waals surface area contributed by atoms with E-state index in [-0.39, 0.29) is 0 Å². The number of para-hydroxylation sites is 2. The second kappa shape index (κ2) is 13.4. The zero-order valence-electron chi connectivity index (χ0n) is 29.6. The second-order valence-electron chi connectivity index (χ2n) is 13.7. The molecular weight excluding hydrogens is 655 g/mol. The Morgan fingerprint density at radius 3 is 1.46 bits per heavy atom. The summed E-state index contributed by atoms with van der Waals surface area (Å²) in [7, 11) is 0. The summed E-state index contributed by atoms with van der Waals surface area (Å²) >= 11 is 0. The van der Waals surface area contributed by atoms with Crippen LogP contribution in [0.2, 0.25) is 0 Å². The van der Waals surface area contributed by atoms with Crippen molar-refractivity contribution >= 4 is 49.8 Å². The van der Waals surface area contributed by atoms with Crippen LogP contribution in [0.4, 0.5) is 17.1 Å². The maximum absolute atomic E-state index is 6.53. The van der Waals surface area contributed by atoms with E-state index in [1.807, 2.05) is 6.07 Å². The molecule has 1 aromatic heterocycles. The maximum atomic E-state index is 6.53. The second-order valence-corrected chi connectivity index (χ2v) is 13.7. The van der Waals surface area contributed by atoms with Crippen molar-refractivity contribution < 1.29 is 4.42 Å². The molecule has 2 nitrogen and oxygen atoms in total. The average molecular weight is 690 g/mol. The summed E-state index contributed by atoms with van der Waals surface area (Å²) in [5, 5.41) is 4.57. The van der Waals surface area contributed by atoms with Crippen molar-refractivity contribution in [2.45, 2.75) is 0 Å². The lowest BCUT2D eigenvalue weighted by Gasteiger charge is -2.28. The van der Waals surface area contributed by atoms with Crippen molar-refractivity contribution in [2.24, 2.45) is 0 Å². The fourth-order valence-corrected chi connectivity index (χ4v) is 7.82. The number of furan rings is 1. The molecule has 2 heteroatoms. The van der Waals surface area contributed by atoms with Gasteiger partial charge in [0.15, 0.2) is 0 Å². The lowest BCUT2D eigenvalue weighted by Crippen LogP contribution is -2.11. The molecule has 0 fully saturated rings. The van der Waals surface area contributed by atoms with Gasteiger partial charge in [-0.1, -0.05) is 170 Å². The van der Waals surface area contributed by atoms with Gasteiger partial charge in [-0.3, -0.25) is 0 Å². The molecule has 254 valence electrons. The zero-order valence-corrected chi connectivity index (χ0v) is 29.6. The van der Waals surface area contributed by atoms with E-state index in [9.17, 15) is 0 Å². The van der Waals surface area contributed by atoms with E-state index >= 15 is 0 Å². The van der Waals surface area contributed by atoms with Gasteiger partial charge < -0.3 is 9.32 Å². The summed E-state index contributed by atoms with van der Waals surface area (Å²) in [6.07, 6.45) is 0. The average Bonchev–Trinajstić information content (AvgIpc) is 3.65. The van der Waals surface area contributed by atoms with Gasteiger partial charge >= 0.3 is 0 Å². The minimum atomic E-state index is 0.903. The molecule has 0 saturated carbocycles. The smallest absolute Gasteiger partial charge is 0.143 e. The molecule has 9 aromatic carbocycles. The standard InChI is InChI=1S/C52H35NO/c1-3-13-36(14-4-1)38-23-25-40(26-24-38)45-18-9-11-21-49(45)53(43-31-27-39(28-32-43)37-15-5-2-6-16-37)44-33-29-41(30-34-44)48-35-42-17-7-8-19-46(42)52-51(48)47-20-10-12-22-50(47)54-52/h1-35H. The topological polar surface area (TPSA) is 16.4 Å². The minimum Gasteiger partial charge on any atom is -0.455 e. The molecule has 0 unspecified atom stereocenters. The molecule has 10 rings (SSSR count). The Bertz CT molecular complexity index is 2890. The molecule has 0 aliphatic rings. The third-order valence-electron chi connectivity index (χ3n) is 10.5. The van der Waals surface area contributed by atoms with Crippen LogP contribution in [0, 0.1) is 0 Å². The number of nitrogens with zero attached hydrogens (tertiary/aromatic N) is 1. The Morgan fingerprint density at radius 1 is 0.333 bits per heavy atom. The van der Waals surface area contributed by atoms with E-state index in [4.69, 9.17) is 4.42 Å². The number of rotatable bonds is 7. The number of anilines is 3. The first-order valence-corrected chi connectivity index (χ1v) is 18.4. The highest BCUT2D eigenvalue weighted by Gasteiger charge is 2.20. The van der Waals surface area contributed by atoms with Crippen LogP contribution in [-0.2, 0) is 0 Å². The highest BCUT2D eigenvalue weighted by molar-refractivity contribution is 6.21. The van der Waals surface area contributed by atoms with E-state index < -0.39 is 0 Å². The zero-order chi connectivity index (χ0) is 35.8. The van der Waals surface area contributed by atoms with Crippen LogP contribution in [0.5, 0.6) is 0 Å². The van der Waals surface area contributed by atoms with Crippen molar-refractivity contribution in [3.63, 3.8) is 0 Å². The molecule has 1 heterocycles. The van der Waals surface area contributed by atoms with Crippen LogP contribution in [-0.4, -0.2) is 0 Å². The molecule has 0 radical (unpaired) electrons. The number of fused-ring (bicyclic) bond motifs is 5. The van der Waals surface area contributed by atoms with E-state index in [1.165, 1.54) is 22.3 Å². The number of benzene rings is 9. The quantitative estimate of drug-likeness (QED) is 0.166. The van der Waals surface area contributed by atoms with Crippen molar-refractivity contribution in [1.82, 2.24) is 0 Å². The summed E-state index contributed by atoms with van der Waals surface area (Å²) in [5.74, 6) is 0.